The monoisotopic (exact) mass is 213 g/mol. The first kappa shape index (κ1) is 11.4. The van der Waals surface area contributed by atoms with Gasteiger partial charge in [0.25, 0.3) is 0 Å². The van der Waals surface area contributed by atoms with Crippen LogP contribution in [0, 0.1) is 0 Å². The summed E-state index contributed by atoms with van der Waals surface area (Å²) >= 11 is 0. The molecule has 88 valence electrons. The highest BCUT2D eigenvalue weighted by molar-refractivity contribution is 4.97. The molecule has 0 aromatic rings. The molecular weight excluding hydrogens is 190 g/mol. The van der Waals surface area contributed by atoms with Crippen molar-refractivity contribution in [3.63, 3.8) is 0 Å². The molecule has 0 spiro atoms. The van der Waals surface area contributed by atoms with E-state index in [-0.39, 0.29) is 6.10 Å². The lowest BCUT2D eigenvalue weighted by atomic mass is 9.84. The van der Waals surface area contributed by atoms with E-state index in [9.17, 15) is 0 Å². The second-order valence-electron chi connectivity index (χ2n) is 4.77. The van der Waals surface area contributed by atoms with Gasteiger partial charge in [-0.05, 0) is 26.3 Å². The Bertz CT molecular complexity index is 192. The maximum atomic E-state index is 6.10. The summed E-state index contributed by atoms with van der Waals surface area (Å²) in [5, 5.41) is 3.26. The highest BCUT2D eigenvalue weighted by atomic mass is 16.5. The molecule has 0 aromatic heterocycles. The van der Waals surface area contributed by atoms with Crippen LogP contribution in [0.5, 0.6) is 0 Å². The van der Waals surface area contributed by atoms with Crippen LogP contribution in [0.15, 0.2) is 0 Å². The Morgan fingerprint density at radius 2 is 1.87 bits per heavy atom. The van der Waals surface area contributed by atoms with Crippen LogP contribution in [0.3, 0.4) is 0 Å². The molecular formula is C12H23NO2. The average Bonchev–Trinajstić information content (AvgIpc) is 2.25. The molecule has 0 heterocycles. The van der Waals surface area contributed by atoms with Crippen LogP contribution in [0.25, 0.3) is 0 Å². The van der Waals surface area contributed by atoms with Gasteiger partial charge in [0.2, 0.25) is 0 Å². The molecule has 2 rings (SSSR count). The summed E-state index contributed by atoms with van der Waals surface area (Å²) in [5.74, 6) is 0. The molecule has 0 amide bonds. The molecule has 2 aliphatic rings. The molecule has 2 saturated carbocycles. The molecule has 2 aliphatic carbocycles. The fourth-order valence-corrected chi connectivity index (χ4v) is 2.76. The largest absolute Gasteiger partial charge is 0.377 e. The van der Waals surface area contributed by atoms with Gasteiger partial charge in [0.1, 0.15) is 0 Å². The van der Waals surface area contributed by atoms with Crippen molar-refractivity contribution < 1.29 is 9.47 Å². The topological polar surface area (TPSA) is 30.5 Å². The van der Waals surface area contributed by atoms with Gasteiger partial charge in [-0.1, -0.05) is 19.3 Å². The number of ether oxygens (including phenoxy) is 2. The minimum Gasteiger partial charge on any atom is -0.377 e. The molecule has 0 saturated heterocycles. The van der Waals surface area contributed by atoms with Crippen molar-refractivity contribution in [1.29, 1.82) is 0 Å². The second kappa shape index (κ2) is 5.28. The lowest BCUT2D eigenvalue weighted by Gasteiger charge is -2.45. The Labute approximate surface area is 92.5 Å². The van der Waals surface area contributed by atoms with E-state index >= 15 is 0 Å². The van der Waals surface area contributed by atoms with Crippen molar-refractivity contribution in [2.45, 2.75) is 62.9 Å². The van der Waals surface area contributed by atoms with Crippen molar-refractivity contribution >= 4 is 0 Å². The van der Waals surface area contributed by atoms with Crippen LogP contribution in [-0.2, 0) is 9.47 Å². The van der Waals surface area contributed by atoms with E-state index in [2.05, 4.69) is 5.32 Å². The Morgan fingerprint density at radius 1 is 1.13 bits per heavy atom. The standard InChI is InChI=1S/C12H23NO2/c1-13-10-8-11(12(10)14-2)15-9-6-4-3-5-7-9/h9-13H,3-8H2,1-2H3. The SMILES string of the molecule is CNC1CC(OC2CCCCC2)C1OC. The van der Waals surface area contributed by atoms with Gasteiger partial charge in [0.05, 0.1) is 18.3 Å². The number of hydrogen-bond donors (Lipinski definition) is 1. The third-order valence-electron chi connectivity index (χ3n) is 3.81. The van der Waals surface area contributed by atoms with Crippen LogP contribution < -0.4 is 5.32 Å². The zero-order chi connectivity index (χ0) is 10.7. The molecule has 0 aromatic carbocycles. The van der Waals surface area contributed by atoms with Crippen LogP contribution >= 0.6 is 0 Å². The zero-order valence-corrected chi connectivity index (χ0v) is 9.87. The quantitative estimate of drug-likeness (QED) is 0.771. The van der Waals surface area contributed by atoms with E-state index in [0.29, 0.717) is 18.2 Å². The van der Waals surface area contributed by atoms with E-state index in [4.69, 9.17) is 9.47 Å². The van der Waals surface area contributed by atoms with Crippen molar-refractivity contribution in [2.75, 3.05) is 14.2 Å². The van der Waals surface area contributed by atoms with E-state index in [1.54, 1.807) is 7.11 Å². The van der Waals surface area contributed by atoms with Gasteiger partial charge in [0, 0.05) is 13.2 Å². The Hall–Kier alpha value is -0.120. The molecule has 3 heteroatoms. The molecule has 1 N–H and O–H groups in total. The van der Waals surface area contributed by atoms with Gasteiger partial charge >= 0.3 is 0 Å². The second-order valence-corrected chi connectivity index (χ2v) is 4.77. The minimum absolute atomic E-state index is 0.261. The third kappa shape index (κ3) is 2.52. The van der Waals surface area contributed by atoms with Gasteiger partial charge in [-0.3, -0.25) is 0 Å². The molecule has 3 unspecified atom stereocenters. The predicted octanol–water partition coefficient (Wildman–Crippen LogP) is 1.71. The van der Waals surface area contributed by atoms with E-state index < -0.39 is 0 Å². The van der Waals surface area contributed by atoms with Gasteiger partial charge < -0.3 is 14.8 Å². The molecule has 3 nitrogen and oxygen atoms in total. The van der Waals surface area contributed by atoms with Gasteiger partial charge in [-0.25, -0.2) is 0 Å². The van der Waals surface area contributed by atoms with Crippen molar-refractivity contribution in [2.24, 2.45) is 0 Å². The van der Waals surface area contributed by atoms with Gasteiger partial charge in [-0.15, -0.1) is 0 Å². The summed E-state index contributed by atoms with van der Waals surface area (Å²) in [5.41, 5.74) is 0. The molecule has 0 aliphatic heterocycles. The highest BCUT2D eigenvalue weighted by Gasteiger charge is 2.42. The number of hydrogen-bond acceptors (Lipinski definition) is 3. The van der Waals surface area contributed by atoms with Crippen LogP contribution in [0.1, 0.15) is 38.5 Å². The van der Waals surface area contributed by atoms with Crippen LogP contribution in [0.4, 0.5) is 0 Å². The fourth-order valence-electron chi connectivity index (χ4n) is 2.76. The molecule has 0 radical (unpaired) electrons. The highest BCUT2D eigenvalue weighted by Crippen LogP contribution is 2.31. The molecule has 3 atom stereocenters. The van der Waals surface area contributed by atoms with E-state index in [1.165, 1.54) is 32.1 Å². The minimum atomic E-state index is 0.261. The van der Waals surface area contributed by atoms with Gasteiger partial charge in [0.15, 0.2) is 0 Å². The number of nitrogens with one attached hydrogen (secondary N) is 1. The number of likely N-dealkylation sites (N-methyl/N-ethyl adjacent to an activating group) is 1. The first-order valence-electron chi connectivity index (χ1n) is 6.20. The Balaban J connectivity index is 1.75. The zero-order valence-electron chi connectivity index (χ0n) is 9.87. The fraction of sp³-hybridized carbons (Fsp3) is 1.00. The van der Waals surface area contributed by atoms with Crippen molar-refractivity contribution in [3.8, 4) is 0 Å². The lowest BCUT2D eigenvalue weighted by Crippen LogP contribution is -2.59. The van der Waals surface area contributed by atoms with Crippen LogP contribution in [-0.4, -0.2) is 38.5 Å². The summed E-state index contributed by atoms with van der Waals surface area (Å²) in [4.78, 5) is 0. The molecule has 0 bridgehead atoms. The maximum Gasteiger partial charge on any atom is 0.0986 e. The van der Waals surface area contributed by atoms with Crippen LogP contribution in [0.2, 0.25) is 0 Å². The summed E-state index contributed by atoms with van der Waals surface area (Å²) in [6, 6.07) is 0.489. The van der Waals surface area contributed by atoms with E-state index in [1.807, 2.05) is 7.05 Å². The van der Waals surface area contributed by atoms with E-state index in [0.717, 1.165) is 6.42 Å². The first-order chi connectivity index (χ1) is 7.35. The summed E-state index contributed by atoms with van der Waals surface area (Å²) in [6.07, 6.45) is 8.75. The van der Waals surface area contributed by atoms with Crippen molar-refractivity contribution in [1.82, 2.24) is 5.32 Å². The summed E-state index contributed by atoms with van der Waals surface area (Å²) in [7, 11) is 3.78. The van der Waals surface area contributed by atoms with Crippen molar-refractivity contribution in [3.05, 3.63) is 0 Å². The molecule has 15 heavy (non-hydrogen) atoms. The number of methoxy groups -OCH3 is 1. The third-order valence-corrected chi connectivity index (χ3v) is 3.81. The Kier molecular flexibility index (Phi) is 4.00. The number of rotatable bonds is 4. The normalized spacial score (nSPS) is 37.6. The summed E-state index contributed by atoms with van der Waals surface area (Å²) in [6.45, 7) is 0. The smallest absolute Gasteiger partial charge is 0.0986 e. The Morgan fingerprint density at radius 3 is 2.47 bits per heavy atom. The maximum absolute atomic E-state index is 6.10. The lowest BCUT2D eigenvalue weighted by molar-refractivity contribution is -0.161. The average molecular weight is 213 g/mol. The summed E-state index contributed by atoms with van der Waals surface area (Å²) < 4.78 is 11.6. The first-order valence-corrected chi connectivity index (χ1v) is 6.20. The molecule has 2 fully saturated rings. The van der Waals surface area contributed by atoms with Gasteiger partial charge in [-0.2, -0.15) is 0 Å². The predicted molar refractivity (Wildman–Crippen MR) is 60.0 cm³/mol.